The topological polar surface area (TPSA) is 38.3 Å². The van der Waals surface area contributed by atoms with Crippen LogP contribution in [0, 0.1) is 0 Å². The molecule has 0 aliphatic heterocycles. The summed E-state index contributed by atoms with van der Waals surface area (Å²) in [6.07, 6.45) is -4.39. The summed E-state index contributed by atoms with van der Waals surface area (Å²) < 4.78 is 42.5. The summed E-state index contributed by atoms with van der Waals surface area (Å²) in [4.78, 5) is 11.8. The molecular weight excluding hydrogens is 319 g/mol. The molecule has 0 spiro atoms. The molecule has 2 aromatic rings. The number of nitrogens with one attached hydrogen (secondary N) is 1. The van der Waals surface area contributed by atoms with E-state index in [-0.39, 0.29) is 24.2 Å². The number of hydrogen-bond acceptors (Lipinski definition) is 2. The average molecular weight is 337 g/mol. The molecule has 6 heteroatoms. The average Bonchev–Trinajstić information content (AvgIpc) is 2.58. The minimum absolute atomic E-state index is 0.154. The van der Waals surface area contributed by atoms with Gasteiger partial charge in [0.25, 0.3) is 5.91 Å². The monoisotopic (exact) mass is 337 g/mol. The predicted octanol–water partition coefficient (Wildman–Crippen LogP) is 4.00. The zero-order valence-electron chi connectivity index (χ0n) is 13.1. The van der Waals surface area contributed by atoms with Crippen LogP contribution in [0.15, 0.2) is 54.6 Å². The first-order chi connectivity index (χ1) is 11.4. The van der Waals surface area contributed by atoms with E-state index in [1.807, 2.05) is 37.3 Å². The maximum atomic E-state index is 12.4. The molecule has 0 aromatic heterocycles. The van der Waals surface area contributed by atoms with E-state index in [0.29, 0.717) is 6.54 Å². The van der Waals surface area contributed by atoms with Crippen molar-refractivity contribution in [2.75, 3.05) is 13.2 Å². The third-order valence-corrected chi connectivity index (χ3v) is 3.53. The summed E-state index contributed by atoms with van der Waals surface area (Å²) in [6.45, 7) is 2.21. The minimum atomic E-state index is -4.39. The Morgan fingerprint density at radius 1 is 1.08 bits per heavy atom. The van der Waals surface area contributed by atoms with Gasteiger partial charge in [-0.2, -0.15) is 13.2 Å². The molecule has 0 heterocycles. The highest BCUT2D eigenvalue weighted by atomic mass is 19.4. The number of halogens is 3. The van der Waals surface area contributed by atoms with E-state index < -0.39 is 11.7 Å². The second kappa shape index (κ2) is 7.86. The van der Waals surface area contributed by atoms with Crippen LogP contribution >= 0.6 is 0 Å². The fraction of sp³-hybridized carbons (Fsp3) is 0.278. The highest BCUT2D eigenvalue weighted by Gasteiger charge is 2.30. The molecule has 0 bridgehead atoms. The summed E-state index contributed by atoms with van der Waals surface area (Å²) in [6, 6.07) is 14.0. The molecule has 0 unspecified atom stereocenters. The third kappa shape index (κ3) is 5.30. The molecule has 24 heavy (non-hydrogen) atoms. The van der Waals surface area contributed by atoms with Crippen LogP contribution in [0.4, 0.5) is 13.2 Å². The molecule has 2 rings (SSSR count). The van der Waals surface area contributed by atoms with Gasteiger partial charge >= 0.3 is 6.18 Å². The van der Waals surface area contributed by atoms with Crippen molar-refractivity contribution in [2.45, 2.75) is 19.0 Å². The van der Waals surface area contributed by atoms with Crippen LogP contribution in [0.1, 0.15) is 24.0 Å². The van der Waals surface area contributed by atoms with Crippen LogP contribution < -0.4 is 10.1 Å². The SMILES string of the molecule is C[C@@H](CNC(=O)COc1ccc(C(F)(F)F)cc1)c1ccccc1. The normalized spacial score (nSPS) is 12.5. The number of carbonyl (C=O) groups excluding carboxylic acids is 1. The van der Waals surface area contributed by atoms with Gasteiger partial charge in [0, 0.05) is 6.54 Å². The van der Waals surface area contributed by atoms with Gasteiger partial charge in [-0.05, 0) is 35.7 Å². The lowest BCUT2D eigenvalue weighted by Gasteiger charge is -2.13. The summed E-state index contributed by atoms with van der Waals surface area (Å²) in [5.41, 5.74) is 0.359. The van der Waals surface area contributed by atoms with Crippen molar-refractivity contribution in [3.05, 3.63) is 65.7 Å². The van der Waals surface area contributed by atoms with Gasteiger partial charge in [0.1, 0.15) is 5.75 Å². The lowest BCUT2D eigenvalue weighted by atomic mass is 10.0. The molecule has 1 amide bonds. The minimum Gasteiger partial charge on any atom is -0.484 e. The van der Waals surface area contributed by atoms with E-state index in [0.717, 1.165) is 17.7 Å². The summed E-state index contributed by atoms with van der Waals surface area (Å²) >= 11 is 0. The smallest absolute Gasteiger partial charge is 0.416 e. The van der Waals surface area contributed by atoms with Crippen molar-refractivity contribution < 1.29 is 22.7 Å². The largest absolute Gasteiger partial charge is 0.484 e. The molecule has 1 atom stereocenters. The van der Waals surface area contributed by atoms with Gasteiger partial charge in [0.2, 0.25) is 0 Å². The van der Waals surface area contributed by atoms with E-state index in [1.54, 1.807) is 0 Å². The Morgan fingerprint density at radius 2 is 1.71 bits per heavy atom. The lowest BCUT2D eigenvalue weighted by molar-refractivity contribution is -0.137. The van der Waals surface area contributed by atoms with E-state index >= 15 is 0 Å². The Bertz CT molecular complexity index is 654. The molecule has 128 valence electrons. The molecule has 0 saturated heterocycles. The maximum Gasteiger partial charge on any atom is 0.416 e. The molecule has 3 nitrogen and oxygen atoms in total. The fourth-order valence-electron chi connectivity index (χ4n) is 2.11. The van der Waals surface area contributed by atoms with Crippen LogP contribution in [0.2, 0.25) is 0 Å². The van der Waals surface area contributed by atoms with Gasteiger partial charge in [-0.1, -0.05) is 37.3 Å². The molecule has 0 fully saturated rings. The number of rotatable bonds is 6. The predicted molar refractivity (Wildman–Crippen MR) is 84.8 cm³/mol. The number of ether oxygens (including phenoxy) is 1. The summed E-state index contributed by atoms with van der Waals surface area (Å²) in [5.74, 6) is 0.0492. The number of carbonyl (C=O) groups is 1. The maximum absolute atomic E-state index is 12.4. The highest BCUT2D eigenvalue weighted by Crippen LogP contribution is 2.30. The molecule has 0 radical (unpaired) electrons. The van der Waals surface area contributed by atoms with Crippen LogP contribution in [-0.2, 0) is 11.0 Å². The zero-order valence-corrected chi connectivity index (χ0v) is 13.1. The van der Waals surface area contributed by atoms with E-state index in [2.05, 4.69) is 5.32 Å². The zero-order chi connectivity index (χ0) is 17.6. The summed E-state index contributed by atoms with van der Waals surface area (Å²) in [7, 11) is 0. The number of amides is 1. The van der Waals surface area contributed by atoms with E-state index in [9.17, 15) is 18.0 Å². The molecule has 0 aliphatic rings. The Labute approximate surface area is 138 Å². The Kier molecular flexibility index (Phi) is 5.84. The molecule has 2 aromatic carbocycles. The van der Waals surface area contributed by atoms with Crippen molar-refractivity contribution in [1.82, 2.24) is 5.32 Å². The molecule has 0 aliphatic carbocycles. The lowest BCUT2D eigenvalue weighted by Crippen LogP contribution is -2.31. The van der Waals surface area contributed by atoms with Gasteiger partial charge in [0.05, 0.1) is 5.56 Å². The first-order valence-electron chi connectivity index (χ1n) is 7.48. The van der Waals surface area contributed by atoms with Gasteiger partial charge in [0.15, 0.2) is 6.61 Å². The Balaban J connectivity index is 1.77. The van der Waals surface area contributed by atoms with Crippen LogP contribution in [0.3, 0.4) is 0 Å². The van der Waals surface area contributed by atoms with Crippen LogP contribution in [-0.4, -0.2) is 19.1 Å². The molecule has 1 N–H and O–H groups in total. The van der Waals surface area contributed by atoms with Crippen molar-refractivity contribution in [2.24, 2.45) is 0 Å². The Morgan fingerprint density at radius 3 is 2.29 bits per heavy atom. The van der Waals surface area contributed by atoms with Crippen molar-refractivity contribution in [3.8, 4) is 5.75 Å². The second-order valence-electron chi connectivity index (χ2n) is 5.43. The van der Waals surface area contributed by atoms with Crippen molar-refractivity contribution in [3.63, 3.8) is 0 Å². The Hall–Kier alpha value is -2.50. The fourth-order valence-corrected chi connectivity index (χ4v) is 2.11. The van der Waals surface area contributed by atoms with E-state index in [4.69, 9.17) is 4.74 Å². The van der Waals surface area contributed by atoms with Gasteiger partial charge < -0.3 is 10.1 Å². The first kappa shape index (κ1) is 17.8. The first-order valence-corrected chi connectivity index (χ1v) is 7.48. The second-order valence-corrected chi connectivity index (χ2v) is 5.43. The highest BCUT2D eigenvalue weighted by molar-refractivity contribution is 5.77. The van der Waals surface area contributed by atoms with Gasteiger partial charge in [-0.15, -0.1) is 0 Å². The van der Waals surface area contributed by atoms with Crippen molar-refractivity contribution in [1.29, 1.82) is 0 Å². The van der Waals surface area contributed by atoms with Crippen LogP contribution in [0.25, 0.3) is 0 Å². The summed E-state index contributed by atoms with van der Waals surface area (Å²) in [5, 5.41) is 2.74. The molecule has 0 saturated carbocycles. The third-order valence-electron chi connectivity index (χ3n) is 3.53. The molecular formula is C18H18F3NO2. The van der Waals surface area contributed by atoms with Crippen LogP contribution in [0.5, 0.6) is 5.75 Å². The number of benzene rings is 2. The van der Waals surface area contributed by atoms with Gasteiger partial charge in [-0.25, -0.2) is 0 Å². The quantitative estimate of drug-likeness (QED) is 0.865. The van der Waals surface area contributed by atoms with Gasteiger partial charge in [-0.3, -0.25) is 4.79 Å². The standard InChI is InChI=1S/C18H18F3NO2/c1-13(14-5-3-2-4-6-14)11-22-17(23)12-24-16-9-7-15(8-10-16)18(19,20)21/h2-10,13H,11-12H2,1H3,(H,22,23)/t13-/m0/s1. The van der Waals surface area contributed by atoms with E-state index in [1.165, 1.54) is 12.1 Å². The number of alkyl halides is 3. The number of hydrogen-bond donors (Lipinski definition) is 1. The van der Waals surface area contributed by atoms with Crippen molar-refractivity contribution >= 4 is 5.91 Å².